The van der Waals surface area contributed by atoms with E-state index in [0.717, 1.165) is 11.4 Å². The van der Waals surface area contributed by atoms with Crippen molar-refractivity contribution in [2.24, 2.45) is 0 Å². The predicted octanol–water partition coefficient (Wildman–Crippen LogP) is 3.97. The molecule has 0 spiro atoms. The van der Waals surface area contributed by atoms with Crippen LogP contribution in [0.3, 0.4) is 0 Å². The van der Waals surface area contributed by atoms with Crippen molar-refractivity contribution < 1.29 is 9.53 Å². The molecular formula is C14H14Cl2N2O2. The molecule has 0 bridgehead atoms. The van der Waals surface area contributed by atoms with Gasteiger partial charge in [0.2, 0.25) is 0 Å². The van der Waals surface area contributed by atoms with Crippen molar-refractivity contribution in [3.8, 4) is 5.75 Å². The van der Waals surface area contributed by atoms with Crippen LogP contribution in [0.25, 0.3) is 0 Å². The summed E-state index contributed by atoms with van der Waals surface area (Å²) in [6.07, 6.45) is 0. The first-order valence-corrected chi connectivity index (χ1v) is 6.84. The highest BCUT2D eigenvalue weighted by atomic mass is 35.5. The van der Waals surface area contributed by atoms with Gasteiger partial charge in [-0.25, -0.2) is 4.79 Å². The van der Waals surface area contributed by atoms with E-state index in [9.17, 15) is 4.79 Å². The fourth-order valence-corrected chi connectivity index (χ4v) is 2.38. The highest BCUT2D eigenvalue weighted by molar-refractivity contribution is 6.37. The Morgan fingerprint density at radius 1 is 1.30 bits per heavy atom. The van der Waals surface area contributed by atoms with Crippen LogP contribution in [0, 0.1) is 13.8 Å². The number of nitrogens with zero attached hydrogens (tertiary/aromatic N) is 2. The molecule has 0 amide bonds. The van der Waals surface area contributed by atoms with Gasteiger partial charge in [0.05, 0.1) is 15.7 Å². The van der Waals surface area contributed by atoms with Crippen molar-refractivity contribution in [1.29, 1.82) is 0 Å². The third-order valence-corrected chi connectivity index (χ3v) is 3.47. The van der Waals surface area contributed by atoms with Crippen molar-refractivity contribution in [2.75, 3.05) is 0 Å². The average molecular weight is 313 g/mol. The minimum atomic E-state index is -0.559. The van der Waals surface area contributed by atoms with Crippen LogP contribution in [-0.2, 0) is 4.79 Å². The van der Waals surface area contributed by atoms with Crippen LogP contribution in [0.4, 0.5) is 0 Å². The number of rotatable bonds is 3. The number of aromatic nitrogens is 2. The molecule has 1 atom stereocenters. The Kier molecular flexibility index (Phi) is 4.35. The number of aryl methyl sites for hydroxylation is 2. The molecule has 6 heteroatoms. The van der Waals surface area contributed by atoms with Gasteiger partial charge < -0.3 is 4.74 Å². The van der Waals surface area contributed by atoms with Crippen LogP contribution in [0.2, 0.25) is 10.0 Å². The second kappa shape index (κ2) is 5.85. The number of hydrogen-bond donors (Lipinski definition) is 0. The summed E-state index contributed by atoms with van der Waals surface area (Å²) in [6, 6.07) is 6.25. The molecular weight excluding hydrogens is 299 g/mol. The van der Waals surface area contributed by atoms with Crippen molar-refractivity contribution in [2.45, 2.75) is 26.8 Å². The Morgan fingerprint density at radius 3 is 2.40 bits per heavy atom. The van der Waals surface area contributed by atoms with E-state index in [1.54, 1.807) is 29.8 Å². The third-order valence-electron chi connectivity index (χ3n) is 2.87. The fraction of sp³-hybridized carbons (Fsp3) is 0.286. The molecule has 106 valence electrons. The quantitative estimate of drug-likeness (QED) is 0.636. The van der Waals surface area contributed by atoms with E-state index in [1.165, 1.54) is 0 Å². The lowest BCUT2D eigenvalue weighted by atomic mass is 10.3. The van der Waals surface area contributed by atoms with E-state index >= 15 is 0 Å². The summed E-state index contributed by atoms with van der Waals surface area (Å²) in [5, 5.41) is 4.86. The molecule has 2 rings (SSSR count). The maximum absolute atomic E-state index is 12.2. The summed E-state index contributed by atoms with van der Waals surface area (Å²) in [6.45, 7) is 5.46. The summed E-state index contributed by atoms with van der Waals surface area (Å²) < 4.78 is 6.91. The zero-order chi connectivity index (χ0) is 14.9. The molecule has 0 aliphatic rings. The Morgan fingerprint density at radius 2 is 1.90 bits per heavy atom. The second-order valence-electron chi connectivity index (χ2n) is 4.52. The Labute approximate surface area is 127 Å². The van der Waals surface area contributed by atoms with Gasteiger partial charge in [0.15, 0.2) is 5.75 Å². The fourth-order valence-electron chi connectivity index (χ4n) is 1.90. The first-order chi connectivity index (χ1) is 9.40. The van der Waals surface area contributed by atoms with E-state index in [4.69, 9.17) is 27.9 Å². The Bertz CT molecular complexity index is 632. The van der Waals surface area contributed by atoms with Gasteiger partial charge in [-0.3, -0.25) is 4.68 Å². The molecule has 4 nitrogen and oxygen atoms in total. The van der Waals surface area contributed by atoms with Gasteiger partial charge in [-0.1, -0.05) is 29.3 Å². The van der Waals surface area contributed by atoms with Crippen LogP contribution in [-0.4, -0.2) is 15.7 Å². The number of ether oxygens (including phenoxy) is 1. The minimum absolute atomic E-state index is 0.175. The highest BCUT2D eigenvalue weighted by Crippen LogP contribution is 2.33. The van der Waals surface area contributed by atoms with E-state index < -0.39 is 12.0 Å². The van der Waals surface area contributed by atoms with Gasteiger partial charge in [-0.15, -0.1) is 0 Å². The lowest BCUT2D eigenvalue weighted by molar-refractivity contribution is -0.137. The number of benzene rings is 1. The number of carbonyl (C=O) groups excluding carboxylic acids is 1. The number of para-hydroxylation sites is 1. The summed E-state index contributed by atoms with van der Waals surface area (Å²) in [7, 11) is 0. The molecule has 0 radical (unpaired) electrons. The van der Waals surface area contributed by atoms with Crippen molar-refractivity contribution in [3.05, 3.63) is 45.7 Å². The van der Waals surface area contributed by atoms with Crippen LogP contribution < -0.4 is 4.74 Å². The van der Waals surface area contributed by atoms with E-state index in [1.807, 2.05) is 19.9 Å². The Hall–Kier alpha value is -1.52. The molecule has 1 unspecified atom stereocenters. The topological polar surface area (TPSA) is 44.1 Å². The predicted molar refractivity (Wildman–Crippen MR) is 78.5 cm³/mol. The van der Waals surface area contributed by atoms with E-state index in [-0.39, 0.29) is 5.75 Å². The van der Waals surface area contributed by atoms with Crippen molar-refractivity contribution >= 4 is 29.2 Å². The molecule has 0 saturated carbocycles. The summed E-state index contributed by atoms with van der Waals surface area (Å²) in [5.74, 6) is -0.291. The molecule has 0 aliphatic heterocycles. The molecule has 1 heterocycles. The molecule has 0 N–H and O–H groups in total. The molecule has 0 saturated heterocycles. The molecule has 20 heavy (non-hydrogen) atoms. The summed E-state index contributed by atoms with van der Waals surface area (Å²) >= 11 is 12.0. The molecule has 0 fully saturated rings. The smallest absolute Gasteiger partial charge is 0.336 e. The van der Waals surface area contributed by atoms with Crippen LogP contribution in [0.1, 0.15) is 24.4 Å². The van der Waals surface area contributed by atoms with Gasteiger partial charge in [0, 0.05) is 5.69 Å². The summed E-state index contributed by atoms with van der Waals surface area (Å²) in [5.41, 5.74) is 1.73. The third kappa shape index (κ3) is 2.97. The first-order valence-electron chi connectivity index (χ1n) is 6.08. The molecule has 1 aromatic heterocycles. The SMILES string of the molecule is Cc1cc(C)n(C(C)C(=O)Oc2c(Cl)cccc2Cl)n1. The van der Waals surface area contributed by atoms with Crippen molar-refractivity contribution in [1.82, 2.24) is 9.78 Å². The van der Waals surface area contributed by atoms with Gasteiger partial charge in [-0.05, 0) is 39.0 Å². The largest absolute Gasteiger partial charge is 0.422 e. The summed E-state index contributed by atoms with van der Waals surface area (Å²) in [4.78, 5) is 12.2. The number of hydrogen-bond acceptors (Lipinski definition) is 3. The highest BCUT2D eigenvalue weighted by Gasteiger charge is 2.22. The molecule has 1 aromatic carbocycles. The first kappa shape index (κ1) is 14.9. The zero-order valence-electron chi connectivity index (χ0n) is 11.4. The van der Waals surface area contributed by atoms with Gasteiger partial charge in [0.25, 0.3) is 0 Å². The number of carbonyl (C=O) groups is 1. The lowest BCUT2D eigenvalue weighted by Crippen LogP contribution is -2.23. The molecule has 2 aromatic rings. The maximum Gasteiger partial charge on any atom is 0.336 e. The van der Waals surface area contributed by atoms with Gasteiger partial charge in [-0.2, -0.15) is 5.10 Å². The average Bonchev–Trinajstić information content (AvgIpc) is 2.72. The van der Waals surface area contributed by atoms with Gasteiger partial charge in [0.1, 0.15) is 6.04 Å². The normalized spacial score (nSPS) is 12.2. The molecule has 0 aliphatic carbocycles. The second-order valence-corrected chi connectivity index (χ2v) is 5.33. The van der Waals surface area contributed by atoms with Crippen LogP contribution in [0.5, 0.6) is 5.75 Å². The standard InChI is InChI=1S/C14H14Cl2N2O2/c1-8-7-9(2)18(17-8)10(3)14(19)20-13-11(15)5-4-6-12(13)16/h4-7,10H,1-3H3. The van der Waals surface area contributed by atoms with Crippen molar-refractivity contribution in [3.63, 3.8) is 0 Å². The zero-order valence-corrected chi connectivity index (χ0v) is 12.9. The Balaban J connectivity index is 2.22. The minimum Gasteiger partial charge on any atom is -0.422 e. The van der Waals surface area contributed by atoms with E-state index in [2.05, 4.69) is 5.10 Å². The number of halogens is 2. The van der Waals surface area contributed by atoms with E-state index in [0.29, 0.717) is 10.0 Å². The van der Waals surface area contributed by atoms with Crippen LogP contribution >= 0.6 is 23.2 Å². The van der Waals surface area contributed by atoms with Crippen LogP contribution in [0.15, 0.2) is 24.3 Å². The van der Waals surface area contributed by atoms with Gasteiger partial charge >= 0.3 is 5.97 Å². The number of esters is 1. The maximum atomic E-state index is 12.2. The monoisotopic (exact) mass is 312 g/mol. The lowest BCUT2D eigenvalue weighted by Gasteiger charge is -2.14.